The Bertz CT molecular complexity index is 464. The zero-order valence-electron chi connectivity index (χ0n) is 12.6. The Morgan fingerprint density at radius 2 is 1.90 bits per heavy atom. The van der Waals surface area contributed by atoms with Crippen molar-refractivity contribution in [3.05, 3.63) is 35.4 Å². The van der Waals surface area contributed by atoms with E-state index in [0.29, 0.717) is 0 Å². The second-order valence-corrected chi connectivity index (χ2v) is 6.14. The van der Waals surface area contributed by atoms with Crippen LogP contribution in [-0.2, 0) is 11.3 Å². The summed E-state index contributed by atoms with van der Waals surface area (Å²) in [4.78, 5) is 13.6. The number of hydrogen-bond acceptors (Lipinski definition) is 2. The number of carboxylic acid groups (broad SMARTS) is 1. The van der Waals surface area contributed by atoms with Crippen LogP contribution in [0.4, 0.5) is 0 Å². The predicted octanol–water partition coefficient (Wildman–Crippen LogP) is 3.60. The Labute approximate surface area is 121 Å². The molecule has 0 aliphatic heterocycles. The third-order valence-corrected chi connectivity index (χ3v) is 4.74. The van der Waals surface area contributed by atoms with Crippen LogP contribution in [0.1, 0.15) is 49.7 Å². The molecule has 1 aliphatic rings. The van der Waals surface area contributed by atoms with Crippen LogP contribution in [0.3, 0.4) is 0 Å². The van der Waals surface area contributed by atoms with Crippen LogP contribution in [-0.4, -0.2) is 28.6 Å². The Balaban J connectivity index is 2.16. The minimum Gasteiger partial charge on any atom is -0.481 e. The van der Waals surface area contributed by atoms with Gasteiger partial charge in [0, 0.05) is 12.1 Å². The van der Waals surface area contributed by atoms with Crippen molar-refractivity contribution in [2.45, 2.75) is 57.5 Å². The summed E-state index contributed by atoms with van der Waals surface area (Å²) >= 11 is 0. The summed E-state index contributed by atoms with van der Waals surface area (Å²) in [5, 5.41) is 9.27. The predicted molar refractivity (Wildman–Crippen MR) is 80.7 cm³/mol. The first kappa shape index (κ1) is 15.0. The van der Waals surface area contributed by atoms with Gasteiger partial charge in [-0.3, -0.25) is 9.69 Å². The highest BCUT2D eigenvalue weighted by molar-refractivity contribution is 5.68. The topological polar surface area (TPSA) is 40.5 Å². The number of aliphatic carboxylic acids is 1. The van der Waals surface area contributed by atoms with E-state index in [4.69, 9.17) is 0 Å². The average molecular weight is 275 g/mol. The van der Waals surface area contributed by atoms with Gasteiger partial charge in [-0.05, 0) is 37.9 Å². The summed E-state index contributed by atoms with van der Waals surface area (Å²) in [6.07, 6.45) is 5.79. The molecule has 110 valence electrons. The van der Waals surface area contributed by atoms with Gasteiger partial charge in [-0.1, -0.05) is 43.5 Å². The monoisotopic (exact) mass is 275 g/mol. The van der Waals surface area contributed by atoms with E-state index in [-0.39, 0.29) is 12.0 Å². The van der Waals surface area contributed by atoms with Gasteiger partial charge in [-0.15, -0.1) is 0 Å². The van der Waals surface area contributed by atoms with E-state index < -0.39 is 5.97 Å². The Hall–Kier alpha value is -1.35. The van der Waals surface area contributed by atoms with Crippen LogP contribution < -0.4 is 0 Å². The van der Waals surface area contributed by atoms with E-state index >= 15 is 0 Å². The van der Waals surface area contributed by atoms with Gasteiger partial charge in [0.1, 0.15) is 0 Å². The molecule has 1 aliphatic carbocycles. The highest BCUT2D eigenvalue weighted by Crippen LogP contribution is 2.36. The largest absolute Gasteiger partial charge is 0.481 e. The Morgan fingerprint density at radius 1 is 1.25 bits per heavy atom. The zero-order chi connectivity index (χ0) is 14.6. The fraction of sp³-hybridized carbons (Fsp3) is 0.588. The van der Waals surface area contributed by atoms with Crippen LogP contribution in [0.5, 0.6) is 0 Å². The molecule has 1 saturated carbocycles. The molecule has 3 nitrogen and oxygen atoms in total. The number of carbonyl (C=O) groups is 1. The summed E-state index contributed by atoms with van der Waals surface area (Å²) in [5.41, 5.74) is 2.41. The van der Waals surface area contributed by atoms with Gasteiger partial charge in [-0.25, -0.2) is 0 Å². The Morgan fingerprint density at radius 3 is 2.50 bits per heavy atom. The van der Waals surface area contributed by atoms with E-state index in [1.807, 2.05) is 6.07 Å². The van der Waals surface area contributed by atoms with Crippen molar-refractivity contribution >= 4 is 5.97 Å². The second kappa shape index (κ2) is 6.40. The van der Waals surface area contributed by atoms with E-state index in [1.54, 1.807) is 0 Å². The molecule has 1 fully saturated rings. The number of carboxylic acids is 1. The van der Waals surface area contributed by atoms with Crippen molar-refractivity contribution < 1.29 is 9.90 Å². The van der Waals surface area contributed by atoms with Crippen molar-refractivity contribution in [3.8, 4) is 0 Å². The van der Waals surface area contributed by atoms with Gasteiger partial charge < -0.3 is 5.11 Å². The normalized spacial score (nSPS) is 18.1. The molecular formula is C17H25NO2. The van der Waals surface area contributed by atoms with Crippen molar-refractivity contribution in [1.29, 1.82) is 0 Å². The molecule has 1 aromatic rings. The van der Waals surface area contributed by atoms with Gasteiger partial charge in [0.2, 0.25) is 0 Å². The van der Waals surface area contributed by atoms with Crippen molar-refractivity contribution in [1.82, 2.24) is 4.90 Å². The van der Waals surface area contributed by atoms with Gasteiger partial charge in [0.25, 0.3) is 0 Å². The molecule has 0 saturated heterocycles. The van der Waals surface area contributed by atoms with Crippen molar-refractivity contribution in [3.63, 3.8) is 0 Å². The minimum atomic E-state index is -0.677. The van der Waals surface area contributed by atoms with Crippen LogP contribution in [0.2, 0.25) is 0 Å². The standard InChI is InChI=1S/C17H25NO2/c1-14-8-4-5-9-15(14)13-18(2)17(12-16(19)20)10-6-3-7-11-17/h4-5,8-9H,3,6-7,10-13H2,1-2H3,(H,19,20). The van der Waals surface area contributed by atoms with Gasteiger partial charge >= 0.3 is 5.97 Å². The first-order valence-electron chi connectivity index (χ1n) is 7.51. The molecule has 2 rings (SSSR count). The maximum Gasteiger partial charge on any atom is 0.305 e. The molecule has 0 unspecified atom stereocenters. The van der Waals surface area contributed by atoms with Gasteiger partial charge in [0.15, 0.2) is 0 Å². The molecule has 1 aromatic carbocycles. The fourth-order valence-electron chi connectivity index (χ4n) is 3.40. The van der Waals surface area contributed by atoms with Gasteiger partial charge in [0.05, 0.1) is 6.42 Å². The molecule has 0 amide bonds. The third kappa shape index (κ3) is 3.40. The summed E-state index contributed by atoms with van der Waals surface area (Å²) in [6.45, 7) is 2.95. The lowest BCUT2D eigenvalue weighted by molar-refractivity contribution is -0.141. The molecule has 0 aromatic heterocycles. The van der Waals surface area contributed by atoms with Crippen LogP contribution in [0, 0.1) is 6.92 Å². The first-order chi connectivity index (χ1) is 9.53. The third-order valence-electron chi connectivity index (χ3n) is 4.74. The molecule has 1 N–H and O–H groups in total. The average Bonchev–Trinajstić information content (AvgIpc) is 2.41. The smallest absolute Gasteiger partial charge is 0.305 e. The second-order valence-electron chi connectivity index (χ2n) is 6.14. The maximum absolute atomic E-state index is 11.3. The molecule has 0 bridgehead atoms. The molecule has 0 heterocycles. The quantitative estimate of drug-likeness (QED) is 0.892. The summed E-state index contributed by atoms with van der Waals surface area (Å²) in [6, 6.07) is 8.37. The Kier molecular flexibility index (Phi) is 4.81. The highest BCUT2D eigenvalue weighted by Gasteiger charge is 2.38. The lowest BCUT2D eigenvalue weighted by atomic mass is 9.78. The van der Waals surface area contributed by atoms with E-state index in [1.165, 1.54) is 17.5 Å². The first-order valence-corrected chi connectivity index (χ1v) is 7.51. The number of rotatable bonds is 5. The summed E-state index contributed by atoms with van der Waals surface area (Å²) < 4.78 is 0. The highest BCUT2D eigenvalue weighted by atomic mass is 16.4. The molecule has 0 atom stereocenters. The molecule has 0 spiro atoms. The molecule has 3 heteroatoms. The van der Waals surface area contributed by atoms with Crippen molar-refractivity contribution in [2.75, 3.05) is 7.05 Å². The number of benzene rings is 1. The lowest BCUT2D eigenvalue weighted by Crippen LogP contribution is -2.49. The van der Waals surface area contributed by atoms with Crippen LogP contribution >= 0.6 is 0 Å². The van der Waals surface area contributed by atoms with Crippen LogP contribution in [0.25, 0.3) is 0 Å². The summed E-state index contributed by atoms with van der Waals surface area (Å²) in [5.74, 6) is -0.677. The van der Waals surface area contributed by atoms with E-state index in [0.717, 1.165) is 32.2 Å². The fourth-order valence-corrected chi connectivity index (χ4v) is 3.40. The van der Waals surface area contributed by atoms with E-state index in [2.05, 4.69) is 37.1 Å². The SMILES string of the molecule is Cc1ccccc1CN(C)C1(CC(=O)O)CCCCC1. The molecule has 0 radical (unpaired) electrons. The summed E-state index contributed by atoms with van der Waals surface area (Å²) in [7, 11) is 2.08. The minimum absolute atomic E-state index is 0.160. The zero-order valence-corrected chi connectivity index (χ0v) is 12.6. The number of nitrogens with zero attached hydrogens (tertiary/aromatic N) is 1. The maximum atomic E-state index is 11.3. The van der Waals surface area contributed by atoms with Crippen LogP contribution in [0.15, 0.2) is 24.3 Å². The number of aryl methyl sites for hydroxylation is 1. The number of hydrogen-bond donors (Lipinski definition) is 1. The molecular weight excluding hydrogens is 250 g/mol. The molecule has 20 heavy (non-hydrogen) atoms. The van der Waals surface area contributed by atoms with Gasteiger partial charge in [-0.2, -0.15) is 0 Å². The van der Waals surface area contributed by atoms with E-state index in [9.17, 15) is 9.90 Å². The lowest BCUT2D eigenvalue weighted by Gasteiger charge is -2.44. The van der Waals surface area contributed by atoms with Crippen molar-refractivity contribution in [2.24, 2.45) is 0 Å².